The molecular formula is C19H18N4O4S. The highest BCUT2D eigenvalue weighted by Gasteiger charge is 2.22. The Morgan fingerprint density at radius 1 is 1.07 bits per heavy atom. The number of carbonyl (C=O) groups is 1. The number of hydrogen-bond acceptors (Lipinski definition) is 6. The van der Waals surface area contributed by atoms with Crippen molar-refractivity contribution < 1.29 is 17.7 Å². The highest BCUT2D eigenvalue weighted by molar-refractivity contribution is 7.89. The Bertz CT molecular complexity index is 1080. The fourth-order valence-corrected chi connectivity index (χ4v) is 3.97. The molecule has 28 heavy (non-hydrogen) atoms. The summed E-state index contributed by atoms with van der Waals surface area (Å²) < 4.78 is 32.6. The van der Waals surface area contributed by atoms with Crippen LogP contribution in [0.4, 0.5) is 5.69 Å². The van der Waals surface area contributed by atoms with Crippen LogP contribution >= 0.6 is 0 Å². The van der Waals surface area contributed by atoms with Gasteiger partial charge in [-0.3, -0.25) is 4.79 Å². The molecule has 3 aromatic rings. The van der Waals surface area contributed by atoms with Gasteiger partial charge in [0.15, 0.2) is 0 Å². The molecule has 0 bridgehead atoms. The van der Waals surface area contributed by atoms with E-state index in [1.165, 1.54) is 12.1 Å². The molecule has 9 heteroatoms. The second-order valence-corrected chi connectivity index (χ2v) is 8.11. The Kier molecular flexibility index (Phi) is 4.93. The van der Waals surface area contributed by atoms with Gasteiger partial charge in [-0.25, -0.2) is 13.1 Å². The molecule has 144 valence electrons. The highest BCUT2D eigenvalue weighted by Crippen LogP contribution is 2.23. The summed E-state index contributed by atoms with van der Waals surface area (Å²) in [6.45, 7) is 0.540. The van der Waals surface area contributed by atoms with E-state index in [4.69, 9.17) is 4.52 Å². The lowest BCUT2D eigenvalue weighted by Gasteiger charge is -2.15. The van der Waals surface area contributed by atoms with Gasteiger partial charge < -0.3 is 9.42 Å². The van der Waals surface area contributed by atoms with Crippen LogP contribution in [0.2, 0.25) is 0 Å². The topological polar surface area (TPSA) is 105 Å². The third kappa shape index (κ3) is 3.80. The van der Waals surface area contributed by atoms with Crippen LogP contribution in [0.5, 0.6) is 0 Å². The molecule has 0 saturated carbocycles. The second kappa shape index (κ2) is 7.53. The first-order chi connectivity index (χ1) is 13.5. The third-order valence-corrected chi connectivity index (χ3v) is 5.86. The molecule has 4 rings (SSSR count). The van der Waals surface area contributed by atoms with Crippen LogP contribution < -0.4 is 9.62 Å². The average Bonchev–Trinajstić information content (AvgIpc) is 3.36. The molecular weight excluding hydrogens is 380 g/mol. The molecule has 0 spiro atoms. The number of rotatable bonds is 6. The molecule has 1 N–H and O–H groups in total. The van der Waals surface area contributed by atoms with Gasteiger partial charge in [0.2, 0.25) is 27.6 Å². The van der Waals surface area contributed by atoms with Gasteiger partial charge in [0.1, 0.15) is 0 Å². The summed E-state index contributed by atoms with van der Waals surface area (Å²) in [7, 11) is -3.75. The second-order valence-electron chi connectivity index (χ2n) is 6.35. The van der Waals surface area contributed by atoms with Crippen LogP contribution in [0.25, 0.3) is 11.4 Å². The van der Waals surface area contributed by atoms with Gasteiger partial charge in [0, 0.05) is 24.2 Å². The van der Waals surface area contributed by atoms with E-state index in [2.05, 4.69) is 14.9 Å². The van der Waals surface area contributed by atoms with Crippen molar-refractivity contribution in [2.24, 2.45) is 0 Å². The van der Waals surface area contributed by atoms with Gasteiger partial charge in [0.05, 0.1) is 11.4 Å². The molecule has 0 radical (unpaired) electrons. The number of nitrogens with zero attached hydrogens (tertiary/aromatic N) is 3. The summed E-state index contributed by atoms with van der Waals surface area (Å²) in [5, 5.41) is 3.86. The van der Waals surface area contributed by atoms with Crippen molar-refractivity contribution in [3.8, 4) is 11.4 Å². The fraction of sp³-hybridized carbons (Fsp3) is 0.211. The van der Waals surface area contributed by atoms with Gasteiger partial charge in [-0.15, -0.1) is 0 Å². The quantitative estimate of drug-likeness (QED) is 0.683. The van der Waals surface area contributed by atoms with Gasteiger partial charge in [-0.2, -0.15) is 4.98 Å². The lowest BCUT2D eigenvalue weighted by atomic mass is 10.2. The van der Waals surface area contributed by atoms with Crippen LogP contribution in [-0.2, 0) is 21.4 Å². The molecule has 1 amide bonds. The maximum atomic E-state index is 12.5. The number of anilines is 1. The zero-order chi connectivity index (χ0) is 19.6. The SMILES string of the molecule is O=C1CCCN1c1ccc(S(=O)(=O)NCc2nc(-c3ccccc3)no2)cc1. The maximum absolute atomic E-state index is 12.5. The first kappa shape index (κ1) is 18.3. The van der Waals surface area contributed by atoms with E-state index < -0.39 is 10.0 Å². The number of amides is 1. The lowest BCUT2D eigenvalue weighted by Crippen LogP contribution is -2.25. The fourth-order valence-electron chi connectivity index (χ4n) is 3.00. The Balaban J connectivity index is 1.43. The summed E-state index contributed by atoms with van der Waals surface area (Å²) >= 11 is 0. The minimum absolute atomic E-state index is 0.0550. The molecule has 2 heterocycles. The Morgan fingerprint density at radius 3 is 2.50 bits per heavy atom. The average molecular weight is 398 g/mol. The normalized spacial score (nSPS) is 14.6. The molecule has 1 saturated heterocycles. The standard InChI is InChI=1S/C19H18N4O4S/c24-18-7-4-12-23(18)15-8-10-16(11-9-15)28(25,26)20-13-17-21-19(22-27-17)14-5-2-1-3-6-14/h1-3,5-6,8-11,20H,4,7,12-13H2. The van der Waals surface area contributed by atoms with E-state index in [0.717, 1.165) is 12.0 Å². The lowest BCUT2D eigenvalue weighted by molar-refractivity contribution is -0.117. The molecule has 1 aliphatic heterocycles. The Morgan fingerprint density at radius 2 is 1.82 bits per heavy atom. The molecule has 1 fully saturated rings. The van der Waals surface area contributed by atoms with Crippen LogP contribution in [-0.4, -0.2) is 31.0 Å². The van der Waals surface area contributed by atoms with Crippen molar-refractivity contribution in [3.05, 3.63) is 60.5 Å². The van der Waals surface area contributed by atoms with Crippen molar-refractivity contribution in [2.75, 3.05) is 11.4 Å². The number of carbonyl (C=O) groups excluding carboxylic acids is 1. The van der Waals surface area contributed by atoms with Crippen LogP contribution in [0, 0.1) is 0 Å². The summed E-state index contributed by atoms with van der Waals surface area (Å²) in [5.41, 5.74) is 1.48. The minimum atomic E-state index is -3.75. The van der Waals surface area contributed by atoms with E-state index in [1.807, 2.05) is 30.3 Å². The zero-order valence-corrected chi connectivity index (χ0v) is 15.7. The number of hydrogen-bond donors (Lipinski definition) is 1. The number of sulfonamides is 1. The molecule has 1 aromatic heterocycles. The third-order valence-electron chi connectivity index (χ3n) is 4.45. The van der Waals surface area contributed by atoms with Crippen LogP contribution in [0.1, 0.15) is 18.7 Å². The van der Waals surface area contributed by atoms with E-state index in [-0.39, 0.29) is 23.2 Å². The van der Waals surface area contributed by atoms with Crippen molar-refractivity contribution in [3.63, 3.8) is 0 Å². The largest absolute Gasteiger partial charge is 0.338 e. The molecule has 1 aliphatic rings. The molecule has 2 aromatic carbocycles. The first-order valence-corrected chi connectivity index (χ1v) is 10.3. The van der Waals surface area contributed by atoms with Crippen LogP contribution in [0.15, 0.2) is 64.0 Å². The summed E-state index contributed by atoms with van der Waals surface area (Å²) in [5.74, 6) is 0.621. The summed E-state index contributed by atoms with van der Waals surface area (Å²) in [6.07, 6.45) is 1.34. The monoisotopic (exact) mass is 398 g/mol. The zero-order valence-electron chi connectivity index (χ0n) is 14.9. The minimum Gasteiger partial charge on any atom is -0.338 e. The number of nitrogens with one attached hydrogen (secondary N) is 1. The number of aromatic nitrogens is 2. The first-order valence-electron chi connectivity index (χ1n) is 8.81. The number of benzene rings is 2. The summed E-state index contributed by atoms with van der Waals surface area (Å²) in [6, 6.07) is 15.5. The van der Waals surface area contributed by atoms with Gasteiger partial charge in [-0.05, 0) is 30.7 Å². The Hall–Kier alpha value is -3.04. The molecule has 0 unspecified atom stereocenters. The predicted octanol–water partition coefficient (Wildman–Crippen LogP) is 2.34. The van der Waals surface area contributed by atoms with E-state index >= 15 is 0 Å². The Labute approximate surface area is 162 Å². The van der Waals surface area contributed by atoms with E-state index in [0.29, 0.717) is 24.5 Å². The molecule has 0 aliphatic carbocycles. The van der Waals surface area contributed by atoms with Crippen molar-refractivity contribution in [2.45, 2.75) is 24.3 Å². The van der Waals surface area contributed by atoms with Gasteiger partial charge in [0.25, 0.3) is 0 Å². The van der Waals surface area contributed by atoms with Gasteiger partial charge in [-0.1, -0.05) is 35.5 Å². The van der Waals surface area contributed by atoms with E-state index in [9.17, 15) is 13.2 Å². The predicted molar refractivity (Wildman–Crippen MR) is 102 cm³/mol. The van der Waals surface area contributed by atoms with Crippen molar-refractivity contribution in [1.82, 2.24) is 14.9 Å². The smallest absolute Gasteiger partial charge is 0.242 e. The van der Waals surface area contributed by atoms with Crippen molar-refractivity contribution >= 4 is 21.6 Å². The van der Waals surface area contributed by atoms with Crippen LogP contribution in [0.3, 0.4) is 0 Å². The molecule has 8 nitrogen and oxygen atoms in total. The molecule has 0 atom stereocenters. The highest BCUT2D eigenvalue weighted by atomic mass is 32.2. The van der Waals surface area contributed by atoms with Gasteiger partial charge >= 0.3 is 0 Å². The maximum Gasteiger partial charge on any atom is 0.242 e. The summed E-state index contributed by atoms with van der Waals surface area (Å²) in [4.78, 5) is 17.8. The van der Waals surface area contributed by atoms with Crippen molar-refractivity contribution in [1.29, 1.82) is 0 Å². The van der Waals surface area contributed by atoms with E-state index in [1.54, 1.807) is 17.0 Å².